The molecule has 0 radical (unpaired) electrons. The Labute approximate surface area is 116 Å². The van der Waals surface area contributed by atoms with Crippen molar-refractivity contribution >= 4 is 15.9 Å². The summed E-state index contributed by atoms with van der Waals surface area (Å²) in [6.07, 6.45) is 0.895. The maximum absolute atomic E-state index is 5.84. The van der Waals surface area contributed by atoms with Crippen LogP contribution in [0.15, 0.2) is 53.0 Å². The van der Waals surface area contributed by atoms with Gasteiger partial charge in [0.25, 0.3) is 0 Å². The van der Waals surface area contributed by atoms with E-state index >= 15 is 0 Å². The first-order chi connectivity index (χ1) is 8.81. The van der Waals surface area contributed by atoms with Gasteiger partial charge in [0.05, 0.1) is 11.1 Å². The highest BCUT2D eigenvalue weighted by molar-refractivity contribution is 9.10. The molecule has 0 amide bonds. The number of rotatable bonds is 5. The Kier molecular flexibility index (Phi) is 4.79. The van der Waals surface area contributed by atoms with Crippen LogP contribution in [0.3, 0.4) is 0 Å². The number of halogens is 1. The molecule has 0 bridgehead atoms. The monoisotopic (exact) mass is 305 g/mol. The maximum atomic E-state index is 5.84. The zero-order valence-electron chi connectivity index (χ0n) is 10.1. The summed E-state index contributed by atoms with van der Waals surface area (Å²) in [6.45, 7) is 1.14. The molecular formula is C15H16BrNO. The van der Waals surface area contributed by atoms with E-state index in [4.69, 9.17) is 10.5 Å². The molecule has 2 nitrogen and oxygen atoms in total. The van der Waals surface area contributed by atoms with Crippen molar-refractivity contribution in [2.45, 2.75) is 13.0 Å². The number of para-hydroxylation sites is 1. The smallest absolute Gasteiger partial charge is 0.137 e. The van der Waals surface area contributed by atoms with Gasteiger partial charge in [-0.1, -0.05) is 42.5 Å². The summed E-state index contributed by atoms with van der Waals surface area (Å²) in [7, 11) is 0. The molecule has 0 fully saturated rings. The predicted molar refractivity (Wildman–Crippen MR) is 77.7 cm³/mol. The zero-order chi connectivity index (χ0) is 12.8. The van der Waals surface area contributed by atoms with Crippen LogP contribution in [-0.2, 0) is 13.0 Å². The van der Waals surface area contributed by atoms with Crippen LogP contribution in [0, 0.1) is 0 Å². The third-order valence-corrected chi connectivity index (χ3v) is 3.37. The highest BCUT2D eigenvalue weighted by Gasteiger charge is 2.06. The van der Waals surface area contributed by atoms with Crippen LogP contribution in [0.2, 0.25) is 0 Å². The van der Waals surface area contributed by atoms with Gasteiger partial charge < -0.3 is 10.5 Å². The van der Waals surface area contributed by atoms with E-state index in [1.54, 1.807) is 0 Å². The first kappa shape index (κ1) is 13.1. The van der Waals surface area contributed by atoms with Gasteiger partial charge in [-0.15, -0.1) is 0 Å². The Bertz CT molecular complexity index is 499. The molecule has 2 rings (SSSR count). The second-order valence-electron chi connectivity index (χ2n) is 4.02. The zero-order valence-corrected chi connectivity index (χ0v) is 11.7. The van der Waals surface area contributed by atoms with Crippen molar-refractivity contribution < 1.29 is 4.74 Å². The quantitative estimate of drug-likeness (QED) is 0.917. The number of hydrogen-bond acceptors (Lipinski definition) is 2. The predicted octanol–water partition coefficient (Wildman–Crippen LogP) is 3.53. The van der Waals surface area contributed by atoms with Gasteiger partial charge in [0.2, 0.25) is 0 Å². The van der Waals surface area contributed by atoms with Gasteiger partial charge in [0.1, 0.15) is 5.75 Å². The van der Waals surface area contributed by atoms with Gasteiger partial charge in [-0.3, -0.25) is 0 Å². The molecule has 2 aromatic carbocycles. The molecule has 0 saturated carbocycles. The lowest BCUT2D eigenvalue weighted by Crippen LogP contribution is -2.06. The standard InChI is InChI=1S/C15H16BrNO/c16-14-8-4-7-13(11-17)15(14)18-10-9-12-5-2-1-3-6-12/h1-8H,9-11,17H2. The SMILES string of the molecule is NCc1cccc(Br)c1OCCc1ccccc1. The van der Waals surface area contributed by atoms with E-state index in [-0.39, 0.29) is 0 Å². The second kappa shape index (κ2) is 6.57. The van der Waals surface area contributed by atoms with Gasteiger partial charge in [-0.25, -0.2) is 0 Å². The molecule has 0 aliphatic heterocycles. The molecule has 0 spiro atoms. The first-order valence-corrected chi connectivity index (χ1v) is 6.74. The topological polar surface area (TPSA) is 35.2 Å². The van der Waals surface area contributed by atoms with E-state index in [9.17, 15) is 0 Å². The normalized spacial score (nSPS) is 10.3. The van der Waals surface area contributed by atoms with Gasteiger partial charge >= 0.3 is 0 Å². The summed E-state index contributed by atoms with van der Waals surface area (Å²) in [5, 5.41) is 0. The van der Waals surface area contributed by atoms with Crippen molar-refractivity contribution in [1.29, 1.82) is 0 Å². The fourth-order valence-electron chi connectivity index (χ4n) is 1.79. The lowest BCUT2D eigenvalue weighted by Gasteiger charge is -2.12. The van der Waals surface area contributed by atoms with Crippen molar-refractivity contribution in [2.75, 3.05) is 6.61 Å². The molecule has 2 aromatic rings. The molecule has 3 heteroatoms. The Balaban J connectivity index is 1.98. The molecular weight excluding hydrogens is 290 g/mol. The van der Waals surface area contributed by atoms with Crippen LogP contribution >= 0.6 is 15.9 Å². The fraction of sp³-hybridized carbons (Fsp3) is 0.200. The van der Waals surface area contributed by atoms with Crippen molar-refractivity contribution in [3.05, 3.63) is 64.1 Å². The second-order valence-corrected chi connectivity index (χ2v) is 4.87. The Morgan fingerprint density at radius 2 is 1.78 bits per heavy atom. The Morgan fingerprint density at radius 3 is 2.50 bits per heavy atom. The molecule has 0 aliphatic rings. The third kappa shape index (κ3) is 3.34. The molecule has 0 aliphatic carbocycles. The summed E-state index contributed by atoms with van der Waals surface area (Å²) in [5.74, 6) is 0.857. The summed E-state index contributed by atoms with van der Waals surface area (Å²) in [4.78, 5) is 0. The van der Waals surface area contributed by atoms with Crippen molar-refractivity contribution in [3.63, 3.8) is 0 Å². The van der Waals surface area contributed by atoms with Crippen molar-refractivity contribution in [2.24, 2.45) is 5.73 Å². The Hall–Kier alpha value is -1.32. The third-order valence-electron chi connectivity index (χ3n) is 2.75. The maximum Gasteiger partial charge on any atom is 0.137 e. The van der Waals surface area contributed by atoms with Crippen LogP contribution in [0.5, 0.6) is 5.75 Å². The molecule has 0 saturated heterocycles. The lowest BCUT2D eigenvalue weighted by molar-refractivity contribution is 0.316. The van der Waals surface area contributed by atoms with E-state index < -0.39 is 0 Å². The van der Waals surface area contributed by atoms with E-state index in [0.717, 1.165) is 22.2 Å². The number of hydrogen-bond donors (Lipinski definition) is 1. The van der Waals surface area contributed by atoms with E-state index in [0.29, 0.717) is 13.2 Å². The van der Waals surface area contributed by atoms with Crippen LogP contribution in [-0.4, -0.2) is 6.61 Å². The number of ether oxygens (including phenoxy) is 1. The highest BCUT2D eigenvalue weighted by Crippen LogP contribution is 2.28. The molecule has 0 aromatic heterocycles. The van der Waals surface area contributed by atoms with Gasteiger partial charge in [-0.05, 0) is 27.6 Å². The molecule has 18 heavy (non-hydrogen) atoms. The summed E-state index contributed by atoms with van der Waals surface area (Å²) >= 11 is 3.49. The van der Waals surface area contributed by atoms with Gasteiger partial charge in [0.15, 0.2) is 0 Å². The fourth-order valence-corrected chi connectivity index (χ4v) is 2.31. The van der Waals surface area contributed by atoms with Gasteiger partial charge in [0, 0.05) is 18.5 Å². The van der Waals surface area contributed by atoms with Crippen LogP contribution in [0.1, 0.15) is 11.1 Å². The molecule has 0 atom stereocenters. The highest BCUT2D eigenvalue weighted by atomic mass is 79.9. The average Bonchev–Trinajstić information content (AvgIpc) is 2.41. The summed E-state index contributed by atoms with van der Waals surface area (Å²) < 4.78 is 6.79. The van der Waals surface area contributed by atoms with E-state index in [1.165, 1.54) is 5.56 Å². The van der Waals surface area contributed by atoms with Gasteiger partial charge in [-0.2, -0.15) is 0 Å². The molecule has 0 unspecified atom stereocenters. The first-order valence-electron chi connectivity index (χ1n) is 5.95. The van der Waals surface area contributed by atoms with Crippen molar-refractivity contribution in [1.82, 2.24) is 0 Å². The number of benzene rings is 2. The summed E-state index contributed by atoms with van der Waals surface area (Å²) in [5.41, 5.74) is 8.00. The minimum atomic E-state index is 0.486. The van der Waals surface area contributed by atoms with E-state index in [2.05, 4.69) is 28.1 Å². The minimum Gasteiger partial charge on any atom is -0.492 e. The molecule has 2 N–H and O–H groups in total. The lowest BCUT2D eigenvalue weighted by atomic mass is 10.1. The number of nitrogens with two attached hydrogens (primary N) is 1. The largest absolute Gasteiger partial charge is 0.492 e. The van der Waals surface area contributed by atoms with Crippen LogP contribution in [0.4, 0.5) is 0 Å². The Morgan fingerprint density at radius 1 is 1.00 bits per heavy atom. The van der Waals surface area contributed by atoms with Crippen LogP contribution < -0.4 is 10.5 Å². The minimum absolute atomic E-state index is 0.486. The average molecular weight is 306 g/mol. The summed E-state index contributed by atoms with van der Waals surface area (Å²) in [6, 6.07) is 16.2. The molecule has 94 valence electrons. The van der Waals surface area contributed by atoms with Crippen LogP contribution in [0.25, 0.3) is 0 Å². The van der Waals surface area contributed by atoms with Crippen molar-refractivity contribution in [3.8, 4) is 5.75 Å². The van der Waals surface area contributed by atoms with E-state index in [1.807, 2.05) is 36.4 Å². The molecule has 0 heterocycles.